The van der Waals surface area contributed by atoms with Crippen LogP contribution >= 0.6 is 0 Å². The first-order valence-electron chi connectivity index (χ1n) is 10.6. The number of nitro groups is 1. The fraction of sp³-hybridized carbons (Fsp3) is 0.364. The first kappa shape index (κ1) is 22.2. The molecule has 1 amide bonds. The number of hydrogen-bond donors (Lipinski definition) is 1. The molecule has 1 unspecified atom stereocenters. The number of aryl methyl sites for hydroxylation is 2. The zero-order chi connectivity index (χ0) is 23.5. The monoisotopic (exact) mass is 451 g/mol. The Labute approximate surface area is 190 Å². The van der Waals surface area contributed by atoms with Crippen LogP contribution in [0.25, 0.3) is 5.82 Å². The summed E-state index contributed by atoms with van der Waals surface area (Å²) in [5.74, 6) is 1.16. The van der Waals surface area contributed by atoms with Crippen LogP contribution in [0.3, 0.4) is 0 Å². The van der Waals surface area contributed by atoms with Crippen LogP contribution in [0.15, 0.2) is 36.4 Å². The Kier molecular flexibility index (Phi) is 6.20. The van der Waals surface area contributed by atoms with Gasteiger partial charge in [-0.1, -0.05) is 0 Å². The van der Waals surface area contributed by atoms with Gasteiger partial charge in [0, 0.05) is 30.9 Å². The minimum absolute atomic E-state index is 0.116. The molecule has 0 spiro atoms. The first-order valence-corrected chi connectivity index (χ1v) is 10.6. The summed E-state index contributed by atoms with van der Waals surface area (Å²) in [7, 11) is 1.45. The molecule has 0 radical (unpaired) electrons. The quantitative estimate of drug-likeness (QED) is 0.447. The summed E-state index contributed by atoms with van der Waals surface area (Å²) < 4.78 is 6.98. The molecule has 1 N–H and O–H groups in total. The maximum Gasteiger partial charge on any atom is 0.271 e. The van der Waals surface area contributed by atoms with Crippen molar-refractivity contribution in [1.82, 2.24) is 20.0 Å². The molecular formula is C22H25N7O4. The van der Waals surface area contributed by atoms with Crippen molar-refractivity contribution in [2.75, 3.05) is 30.4 Å². The van der Waals surface area contributed by atoms with Crippen LogP contribution < -0.4 is 15.0 Å². The van der Waals surface area contributed by atoms with Crippen LogP contribution in [-0.2, 0) is 4.79 Å². The predicted molar refractivity (Wildman–Crippen MR) is 122 cm³/mol. The van der Waals surface area contributed by atoms with Crippen LogP contribution in [0, 0.1) is 29.9 Å². The third-order valence-electron chi connectivity index (χ3n) is 5.63. The second-order valence-electron chi connectivity index (χ2n) is 8.00. The van der Waals surface area contributed by atoms with E-state index in [1.165, 1.54) is 25.3 Å². The van der Waals surface area contributed by atoms with Crippen LogP contribution in [-0.4, -0.2) is 51.0 Å². The van der Waals surface area contributed by atoms with E-state index in [0.717, 1.165) is 24.4 Å². The lowest BCUT2D eigenvalue weighted by Crippen LogP contribution is -2.41. The molecule has 4 rings (SSSR count). The van der Waals surface area contributed by atoms with Crippen molar-refractivity contribution < 1.29 is 14.5 Å². The lowest BCUT2D eigenvalue weighted by Gasteiger charge is -2.32. The summed E-state index contributed by atoms with van der Waals surface area (Å²) in [6, 6.07) is 9.83. The fourth-order valence-corrected chi connectivity index (χ4v) is 4.00. The number of aromatic nitrogens is 4. The van der Waals surface area contributed by atoms with Crippen molar-refractivity contribution in [3.63, 3.8) is 0 Å². The number of ether oxygens (including phenoxy) is 1. The second kappa shape index (κ2) is 9.23. The van der Waals surface area contributed by atoms with Gasteiger partial charge in [-0.3, -0.25) is 14.9 Å². The maximum absolute atomic E-state index is 13.0. The minimum Gasteiger partial charge on any atom is -0.495 e. The number of piperidine rings is 1. The van der Waals surface area contributed by atoms with Crippen molar-refractivity contribution in [3.05, 3.63) is 57.9 Å². The highest BCUT2D eigenvalue weighted by Crippen LogP contribution is 2.30. The Bertz CT molecular complexity index is 1180. The van der Waals surface area contributed by atoms with Gasteiger partial charge in [0.2, 0.25) is 5.91 Å². The Balaban J connectivity index is 1.46. The van der Waals surface area contributed by atoms with Gasteiger partial charge >= 0.3 is 0 Å². The van der Waals surface area contributed by atoms with Gasteiger partial charge in [0.1, 0.15) is 5.75 Å². The zero-order valence-corrected chi connectivity index (χ0v) is 18.7. The van der Waals surface area contributed by atoms with Crippen LogP contribution in [0.4, 0.5) is 17.2 Å². The summed E-state index contributed by atoms with van der Waals surface area (Å²) in [4.78, 5) is 25.6. The Morgan fingerprint density at radius 1 is 1.18 bits per heavy atom. The number of nitro benzene ring substituents is 1. The fourth-order valence-electron chi connectivity index (χ4n) is 4.00. The van der Waals surface area contributed by atoms with E-state index in [2.05, 4.69) is 20.6 Å². The standard InChI is InChI=1S/C22H25N7O4/c1-14-11-15(2)28(26-14)21-9-8-20(24-25-21)27-10-4-5-16(13-27)22(30)23-18-12-17(29(31)32)6-7-19(18)33-3/h6-9,11-12,16H,4-5,10,13H2,1-3H3,(H,23,30). The van der Waals surface area contributed by atoms with Crippen molar-refractivity contribution in [2.45, 2.75) is 26.7 Å². The molecule has 11 heteroatoms. The van der Waals surface area contributed by atoms with E-state index < -0.39 is 4.92 Å². The third kappa shape index (κ3) is 4.76. The van der Waals surface area contributed by atoms with E-state index >= 15 is 0 Å². The topological polar surface area (TPSA) is 128 Å². The molecule has 1 aliphatic heterocycles. The van der Waals surface area contributed by atoms with E-state index in [1.54, 1.807) is 4.68 Å². The number of benzene rings is 1. The van der Waals surface area contributed by atoms with E-state index in [4.69, 9.17) is 4.74 Å². The smallest absolute Gasteiger partial charge is 0.271 e. The second-order valence-corrected chi connectivity index (χ2v) is 8.00. The molecule has 1 aromatic carbocycles. The average molecular weight is 451 g/mol. The van der Waals surface area contributed by atoms with Gasteiger partial charge in [0.05, 0.1) is 29.3 Å². The summed E-state index contributed by atoms with van der Waals surface area (Å²) in [5, 5.41) is 27.0. The molecule has 0 saturated carbocycles. The van der Waals surface area contributed by atoms with Gasteiger partial charge in [-0.05, 0) is 51.0 Å². The van der Waals surface area contributed by atoms with Crippen molar-refractivity contribution >= 4 is 23.1 Å². The number of nitrogens with zero attached hydrogens (tertiary/aromatic N) is 6. The summed E-state index contributed by atoms with van der Waals surface area (Å²) in [6.45, 7) is 5.11. The molecule has 1 atom stereocenters. The van der Waals surface area contributed by atoms with Gasteiger partial charge in [0.15, 0.2) is 11.6 Å². The van der Waals surface area contributed by atoms with Gasteiger partial charge in [0.25, 0.3) is 5.69 Å². The van der Waals surface area contributed by atoms with E-state index in [9.17, 15) is 14.9 Å². The highest BCUT2D eigenvalue weighted by molar-refractivity contribution is 5.94. The molecular weight excluding hydrogens is 426 g/mol. The third-order valence-corrected chi connectivity index (χ3v) is 5.63. The number of nitrogens with one attached hydrogen (secondary N) is 1. The molecule has 0 aliphatic carbocycles. The van der Waals surface area contributed by atoms with Gasteiger partial charge in [-0.15, -0.1) is 10.2 Å². The van der Waals surface area contributed by atoms with E-state index in [-0.39, 0.29) is 23.2 Å². The molecule has 172 valence electrons. The van der Waals surface area contributed by atoms with Gasteiger partial charge in [-0.25, -0.2) is 4.68 Å². The minimum atomic E-state index is -0.508. The highest BCUT2D eigenvalue weighted by atomic mass is 16.6. The number of hydrogen-bond acceptors (Lipinski definition) is 8. The van der Waals surface area contributed by atoms with Gasteiger partial charge < -0.3 is 15.0 Å². The summed E-state index contributed by atoms with van der Waals surface area (Å²) in [6.07, 6.45) is 1.52. The van der Waals surface area contributed by atoms with Crippen molar-refractivity contribution in [1.29, 1.82) is 0 Å². The van der Waals surface area contributed by atoms with Crippen molar-refractivity contribution in [3.8, 4) is 11.6 Å². The SMILES string of the molecule is COc1ccc([N+](=O)[O-])cc1NC(=O)C1CCCN(c2ccc(-n3nc(C)cc3C)nn2)C1. The normalized spacial score (nSPS) is 15.8. The molecule has 33 heavy (non-hydrogen) atoms. The van der Waals surface area contributed by atoms with Crippen LogP contribution in [0.5, 0.6) is 5.75 Å². The number of rotatable bonds is 6. The van der Waals surface area contributed by atoms with Crippen LogP contribution in [0.2, 0.25) is 0 Å². The zero-order valence-electron chi connectivity index (χ0n) is 18.7. The number of carbonyl (C=O) groups excluding carboxylic acids is 1. The Hall–Kier alpha value is -4.02. The lowest BCUT2D eigenvalue weighted by molar-refractivity contribution is -0.384. The largest absolute Gasteiger partial charge is 0.495 e. The number of non-ortho nitro benzene ring substituents is 1. The number of amides is 1. The highest BCUT2D eigenvalue weighted by Gasteiger charge is 2.28. The molecule has 1 saturated heterocycles. The molecule has 2 aromatic heterocycles. The molecule has 1 aliphatic rings. The Morgan fingerprint density at radius 3 is 2.58 bits per heavy atom. The number of carbonyl (C=O) groups is 1. The first-order chi connectivity index (χ1) is 15.9. The predicted octanol–water partition coefficient (Wildman–Crippen LogP) is 3.05. The summed E-state index contributed by atoms with van der Waals surface area (Å²) in [5.41, 5.74) is 2.04. The summed E-state index contributed by atoms with van der Waals surface area (Å²) >= 11 is 0. The van der Waals surface area contributed by atoms with Gasteiger partial charge in [-0.2, -0.15) is 5.10 Å². The Morgan fingerprint density at radius 2 is 1.94 bits per heavy atom. The lowest BCUT2D eigenvalue weighted by atomic mass is 9.97. The average Bonchev–Trinajstić information content (AvgIpc) is 3.16. The molecule has 3 aromatic rings. The van der Waals surface area contributed by atoms with E-state index in [0.29, 0.717) is 30.4 Å². The number of methoxy groups -OCH3 is 1. The molecule has 3 heterocycles. The molecule has 11 nitrogen and oxygen atoms in total. The molecule has 1 fully saturated rings. The number of anilines is 2. The van der Waals surface area contributed by atoms with Crippen LogP contribution in [0.1, 0.15) is 24.2 Å². The molecule has 0 bridgehead atoms. The maximum atomic E-state index is 13.0. The van der Waals surface area contributed by atoms with Crippen molar-refractivity contribution in [2.24, 2.45) is 5.92 Å². The van der Waals surface area contributed by atoms with E-state index in [1.807, 2.05) is 36.9 Å².